The van der Waals surface area contributed by atoms with Gasteiger partial charge in [0.1, 0.15) is 5.82 Å². The summed E-state index contributed by atoms with van der Waals surface area (Å²) in [6.45, 7) is 0. The molecule has 0 saturated heterocycles. The number of anilines is 1. The van der Waals surface area contributed by atoms with E-state index in [0.717, 1.165) is 0 Å². The van der Waals surface area contributed by atoms with Gasteiger partial charge in [-0.2, -0.15) is 0 Å². The minimum absolute atomic E-state index is 0.165. The predicted molar refractivity (Wildman–Crippen MR) is 68.7 cm³/mol. The van der Waals surface area contributed by atoms with Gasteiger partial charge in [-0.15, -0.1) is 0 Å². The van der Waals surface area contributed by atoms with Gasteiger partial charge in [-0.25, -0.2) is 14.4 Å². The molecule has 0 aliphatic carbocycles. The molecule has 1 aromatic carbocycles. The summed E-state index contributed by atoms with van der Waals surface area (Å²) in [5, 5.41) is 2.74. The Morgan fingerprint density at radius 1 is 1.21 bits per heavy atom. The summed E-state index contributed by atoms with van der Waals surface area (Å²) in [5.74, 6) is -0.795. The van der Waals surface area contributed by atoms with E-state index in [9.17, 15) is 13.4 Å². The van der Waals surface area contributed by atoms with Crippen molar-refractivity contribution in [1.82, 2.24) is 9.97 Å². The zero-order valence-electron chi connectivity index (χ0n) is 9.96. The van der Waals surface area contributed by atoms with Crippen LogP contribution in [0.3, 0.4) is 0 Å². The summed E-state index contributed by atoms with van der Waals surface area (Å²) < 4.78 is 23.8. The molecule has 19 heavy (non-hydrogen) atoms. The molecule has 5 nitrogen and oxygen atoms in total. The highest BCUT2D eigenvalue weighted by molar-refractivity contribution is 7.84. The molecule has 1 heterocycles. The molecule has 1 aromatic heterocycles. The Labute approximate surface area is 111 Å². The third kappa shape index (κ3) is 3.41. The molecular weight excluding hydrogens is 269 g/mol. The quantitative estimate of drug-likeness (QED) is 0.866. The second kappa shape index (κ2) is 5.66. The molecule has 1 N–H and O–H groups in total. The third-order valence-electron chi connectivity index (χ3n) is 2.25. The van der Waals surface area contributed by atoms with Crippen molar-refractivity contribution in [3.05, 3.63) is 48.0 Å². The second-order valence-corrected chi connectivity index (χ2v) is 4.94. The molecule has 0 aliphatic rings. The number of rotatable bonds is 3. The lowest BCUT2D eigenvalue weighted by molar-refractivity contribution is 0.102. The van der Waals surface area contributed by atoms with E-state index in [2.05, 4.69) is 15.3 Å². The lowest BCUT2D eigenvalue weighted by Gasteiger charge is -2.04. The number of carbonyl (C=O) groups is 1. The van der Waals surface area contributed by atoms with Gasteiger partial charge in [-0.05, 0) is 24.3 Å². The third-order valence-corrected chi connectivity index (χ3v) is 2.97. The van der Waals surface area contributed by atoms with Crippen LogP contribution in [0.5, 0.6) is 0 Å². The molecule has 7 heteroatoms. The van der Waals surface area contributed by atoms with E-state index in [1.807, 2.05) is 0 Å². The highest BCUT2D eigenvalue weighted by Gasteiger charge is 2.08. The van der Waals surface area contributed by atoms with Crippen LogP contribution in [0.1, 0.15) is 10.4 Å². The minimum atomic E-state index is -1.29. The Morgan fingerprint density at radius 3 is 2.32 bits per heavy atom. The van der Waals surface area contributed by atoms with Crippen LogP contribution in [0.25, 0.3) is 0 Å². The first kappa shape index (κ1) is 13.3. The maximum Gasteiger partial charge on any atom is 0.258 e. The Morgan fingerprint density at radius 2 is 1.79 bits per heavy atom. The number of benzene rings is 1. The van der Waals surface area contributed by atoms with Gasteiger partial charge in [0.15, 0.2) is 0 Å². The molecule has 2 rings (SSSR count). The topological polar surface area (TPSA) is 72.0 Å². The molecule has 0 saturated carbocycles. The maximum atomic E-state index is 12.7. The fourth-order valence-corrected chi connectivity index (χ4v) is 1.72. The Kier molecular flexibility index (Phi) is 3.96. The molecule has 0 aliphatic heterocycles. The average molecular weight is 279 g/mol. The zero-order valence-corrected chi connectivity index (χ0v) is 10.8. The summed E-state index contributed by atoms with van der Waals surface area (Å²) >= 11 is 0. The SMILES string of the molecule is CS(=O)c1ncc(C(=O)Nc2ccc(F)cc2)cn1. The van der Waals surface area contributed by atoms with Crippen molar-refractivity contribution >= 4 is 22.4 Å². The number of hydrogen-bond acceptors (Lipinski definition) is 4. The van der Waals surface area contributed by atoms with Crippen LogP contribution in [-0.4, -0.2) is 26.3 Å². The molecule has 0 spiro atoms. The van der Waals surface area contributed by atoms with Crippen molar-refractivity contribution in [2.75, 3.05) is 11.6 Å². The highest BCUT2D eigenvalue weighted by atomic mass is 32.2. The van der Waals surface area contributed by atoms with Crippen LogP contribution < -0.4 is 5.32 Å². The van der Waals surface area contributed by atoms with Gasteiger partial charge >= 0.3 is 0 Å². The summed E-state index contributed by atoms with van der Waals surface area (Å²) in [5.41, 5.74) is 0.702. The van der Waals surface area contributed by atoms with Gasteiger partial charge in [0.2, 0.25) is 5.16 Å². The van der Waals surface area contributed by atoms with E-state index in [0.29, 0.717) is 5.69 Å². The smallest absolute Gasteiger partial charge is 0.258 e. The van der Waals surface area contributed by atoms with Gasteiger partial charge in [0, 0.05) is 24.3 Å². The molecule has 1 amide bonds. The monoisotopic (exact) mass is 279 g/mol. The Balaban J connectivity index is 2.11. The fourth-order valence-electron chi connectivity index (χ4n) is 1.32. The minimum Gasteiger partial charge on any atom is -0.322 e. The first-order valence-corrected chi connectivity index (χ1v) is 6.84. The van der Waals surface area contributed by atoms with Crippen molar-refractivity contribution in [3.8, 4) is 0 Å². The van der Waals surface area contributed by atoms with E-state index in [4.69, 9.17) is 0 Å². The van der Waals surface area contributed by atoms with Crippen LogP contribution in [-0.2, 0) is 10.8 Å². The van der Waals surface area contributed by atoms with Gasteiger partial charge in [0.05, 0.1) is 16.4 Å². The molecule has 2 aromatic rings. The Bertz CT molecular complexity index is 614. The number of hydrogen-bond donors (Lipinski definition) is 1. The first-order valence-electron chi connectivity index (χ1n) is 5.28. The predicted octanol–water partition coefficient (Wildman–Crippen LogP) is 1.61. The largest absolute Gasteiger partial charge is 0.322 e. The van der Waals surface area contributed by atoms with Gasteiger partial charge in [-0.1, -0.05) is 0 Å². The zero-order chi connectivity index (χ0) is 13.8. The first-order chi connectivity index (χ1) is 9.06. The van der Waals surface area contributed by atoms with Crippen LogP contribution in [0.15, 0.2) is 41.8 Å². The van der Waals surface area contributed by atoms with Crippen LogP contribution in [0, 0.1) is 5.82 Å². The van der Waals surface area contributed by atoms with Crippen molar-refractivity contribution in [3.63, 3.8) is 0 Å². The standard InChI is InChI=1S/C12H10FN3O2S/c1-19(18)12-14-6-8(7-15-12)11(17)16-10-4-2-9(13)3-5-10/h2-7H,1H3,(H,16,17). The van der Waals surface area contributed by atoms with Gasteiger partial charge in [0.25, 0.3) is 5.91 Å². The summed E-state index contributed by atoms with van der Waals surface area (Å²) in [4.78, 5) is 19.5. The molecular formula is C12H10FN3O2S. The van der Waals surface area contributed by atoms with Gasteiger partial charge < -0.3 is 5.32 Å². The van der Waals surface area contributed by atoms with Crippen LogP contribution >= 0.6 is 0 Å². The van der Waals surface area contributed by atoms with E-state index in [-0.39, 0.29) is 16.5 Å². The maximum absolute atomic E-state index is 12.7. The average Bonchev–Trinajstić information content (AvgIpc) is 2.41. The molecule has 0 bridgehead atoms. The fraction of sp³-hybridized carbons (Fsp3) is 0.0833. The van der Waals surface area contributed by atoms with Crippen molar-refractivity contribution in [2.45, 2.75) is 5.16 Å². The van der Waals surface area contributed by atoms with Crippen molar-refractivity contribution in [1.29, 1.82) is 0 Å². The summed E-state index contributed by atoms with van der Waals surface area (Å²) in [7, 11) is -1.29. The van der Waals surface area contributed by atoms with Gasteiger partial charge in [-0.3, -0.25) is 9.00 Å². The van der Waals surface area contributed by atoms with E-state index in [1.54, 1.807) is 0 Å². The highest BCUT2D eigenvalue weighted by Crippen LogP contribution is 2.10. The summed E-state index contributed by atoms with van der Waals surface area (Å²) in [6, 6.07) is 5.39. The number of carbonyl (C=O) groups excluding carboxylic acids is 1. The molecule has 0 radical (unpaired) electrons. The molecule has 0 fully saturated rings. The lowest BCUT2D eigenvalue weighted by atomic mass is 10.2. The second-order valence-electron chi connectivity index (χ2n) is 3.67. The molecule has 1 atom stereocenters. The van der Waals surface area contributed by atoms with E-state index >= 15 is 0 Å². The molecule has 1 unspecified atom stereocenters. The van der Waals surface area contributed by atoms with E-state index < -0.39 is 16.7 Å². The number of halogens is 1. The van der Waals surface area contributed by atoms with Crippen LogP contribution in [0.2, 0.25) is 0 Å². The number of nitrogens with zero attached hydrogens (tertiary/aromatic N) is 2. The normalized spacial score (nSPS) is 11.9. The Hall–Kier alpha value is -2.15. The lowest BCUT2D eigenvalue weighted by Crippen LogP contribution is -2.13. The summed E-state index contributed by atoms with van der Waals surface area (Å²) in [6.07, 6.45) is 4.04. The van der Waals surface area contributed by atoms with Crippen molar-refractivity contribution < 1.29 is 13.4 Å². The number of nitrogens with one attached hydrogen (secondary N) is 1. The van der Waals surface area contributed by atoms with Crippen LogP contribution in [0.4, 0.5) is 10.1 Å². The molecule has 98 valence electrons. The van der Waals surface area contributed by atoms with Crippen molar-refractivity contribution in [2.24, 2.45) is 0 Å². The van der Waals surface area contributed by atoms with E-state index in [1.165, 1.54) is 42.9 Å². The number of aromatic nitrogens is 2. The number of amides is 1.